The minimum Gasteiger partial charge on any atom is -0.376 e. The molecule has 0 bridgehead atoms. The third-order valence-corrected chi connectivity index (χ3v) is 4.11. The number of hydrogen-bond acceptors (Lipinski definition) is 2. The molecule has 18 heavy (non-hydrogen) atoms. The van der Waals surface area contributed by atoms with Gasteiger partial charge in [-0.05, 0) is 36.6 Å². The fourth-order valence-corrected chi connectivity index (χ4v) is 2.95. The molecule has 0 amide bonds. The lowest BCUT2D eigenvalue weighted by molar-refractivity contribution is 0.0664. The summed E-state index contributed by atoms with van der Waals surface area (Å²) >= 11 is 9.56. The number of nitrogens with zero attached hydrogens (tertiary/aromatic N) is 1. The number of rotatable bonds is 3. The Morgan fingerprint density at radius 1 is 1.50 bits per heavy atom. The molecule has 1 heterocycles. The van der Waals surface area contributed by atoms with Crippen molar-refractivity contribution in [3.63, 3.8) is 0 Å². The van der Waals surface area contributed by atoms with Gasteiger partial charge in [0.15, 0.2) is 0 Å². The Balaban J connectivity index is 2.23. The van der Waals surface area contributed by atoms with Crippen LogP contribution in [-0.4, -0.2) is 25.8 Å². The lowest BCUT2D eigenvalue weighted by Crippen LogP contribution is -2.32. The molecule has 1 aromatic carbocycles. The van der Waals surface area contributed by atoms with Crippen molar-refractivity contribution in [2.24, 2.45) is 0 Å². The maximum absolute atomic E-state index is 6.06. The van der Waals surface area contributed by atoms with E-state index in [1.54, 1.807) is 0 Å². The van der Waals surface area contributed by atoms with Crippen LogP contribution in [0.5, 0.6) is 0 Å². The highest BCUT2D eigenvalue weighted by atomic mass is 79.9. The number of benzene rings is 1. The van der Waals surface area contributed by atoms with Gasteiger partial charge >= 0.3 is 0 Å². The van der Waals surface area contributed by atoms with Crippen LogP contribution in [0.1, 0.15) is 25.3 Å². The smallest absolute Gasteiger partial charge is 0.0747 e. The van der Waals surface area contributed by atoms with Crippen LogP contribution in [0.15, 0.2) is 22.7 Å². The number of anilines is 1. The molecule has 1 aromatic rings. The Kier molecular flexibility index (Phi) is 5.34. The second kappa shape index (κ2) is 6.78. The molecule has 1 unspecified atom stereocenters. The van der Waals surface area contributed by atoms with Gasteiger partial charge in [0.1, 0.15) is 0 Å². The summed E-state index contributed by atoms with van der Waals surface area (Å²) in [5.41, 5.74) is 2.43. The number of hydrogen-bond donors (Lipinski definition) is 0. The molecule has 4 heteroatoms. The van der Waals surface area contributed by atoms with Crippen molar-refractivity contribution in [3.05, 3.63) is 28.2 Å². The Labute approximate surface area is 122 Å². The van der Waals surface area contributed by atoms with Gasteiger partial charge in [-0.3, -0.25) is 0 Å². The second-order valence-corrected chi connectivity index (χ2v) is 5.79. The molecular formula is C14H19BrClNO. The van der Waals surface area contributed by atoms with Crippen LogP contribution in [0.3, 0.4) is 0 Å². The molecule has 1 aliphatic heterocycles. The van der Waals surface area contributed by atoms with Crippen LogP contribution in [0, 0.1) is 0 Å². The van der Waals surface area contributed by atoms with Crippen molar-refractivity contribution in [1.29, 1.82) is 0 Å². The van der Waals surface area contributed by atoms with Gasteiger partial charge in [-0.25, -0.2) is 0 Å². The predicted molar refractivity (Wildman–Crippen MR) is 80.6 cm³/mol. The topological polar surface area (TPSA) is 12.5 Å². The molecule has 0 aromatic heterocycles. The van der Waals surface area contributed by atoms with Gasteiger partial charge in [0.05, 0.1) is 6.10 Å². The third-order valence-electron chi connectivity index (χ3n) is 3.33. The Morgan fingerprint density at radius 3 is 3.06 bits per heavy atom. The third kappa shape index (κ3) is 3.40. The van der Waals surface area contributed by atoms with Crippen LogP contribution < -0.4 is 4.90 Å². The SMILES string of the molecule is CCC1CN(c2ccc(Br)cc2CCl)CCCO1. The number of alkyl halides is 1. The summed E-state index contributed by atoms with van der Waals surface area (Å²) in [7, 11) is 0. The van der Waals surface area contributed by atoms with E-state index in [2.05, 4.69) is 46.0 Å². The summed E-state index contributed by atoms with van der Waals surface area (Å²) in [6.45, 7) is 5.05. The minimum atomic E-state index is 0.333. The Bertz CT molecular complexity index is 399. The second-order valence-electron chi connectivity index (χ2n) is 4.61. The molecule has 1 atom stereocenters. The highest BCUT2D eigenvalue weighted by Crippen LogP contribution is 2.27. The fraction of sp³-hybridized carbons (Fsp3) is 0.571. The zero-order chi connectivity index (χ0) is 13.0. The molecule has 0 radical (unpaired) electrons. The van der Waals surface area contributed by atoms with Crippen molar-refractivity contribution >= 4 is 33.2 Å². The van der Waals surface area contributed by atoms with Crippen molar-refractivity contribution in [1.82, 2.24) is 0 Å². The highest BCUT2D eigenvalue weighted by Gasteiger charge is 2.19. The highest BCUT2D eigenvalue weighted by molar-refractivity contribution is 9.10. The summed E-state index contributed by atoms with van der Waals surface area (Å²) in [6, 6.07) is 6.34. The summed E-state index contributed by atoms with van der Waals surface area (Å²) in [4.78, 5) is 2.41. The molecule has 1 fully saturated rings. The van der Waals surface area contributed by atoms with Crippen LogP contribution >= 0.6 is 27.5 Å². The summed E-state index contributed by atoms with van der Waals surface area (Å²) in [6.07, 6.45) is 2.47. The van der Waals surface area contributed by atoms with E-state index >= 15 is 0 Å². The first-order chi connectivity index (χ1) is 8.74. The minimum absolute atomic E-state index is 0.333. The molecule has 1 saturated heterocycles. The molecule has 2 nitrogen and oxygen atoms in total. The van der Waals surface area contributed by atoms with Crippen LogP contribution in [0.2, 0.25) is 0 Å². The lowest BCUT2D eigenvalue weighted by Gasteiger charge is -2.27. The monoisotopic (exact) mass is 331 g/mol. The van der Waals surface area contributed by atoms with Gasteiger partial charge in [0.2, 0.25) is 0 Å². The van der Waals surface area contributed by atoms with Gasteiger partial charge in [-0.15, -0.1) is 11.6 Å². The summed E-state index contributed by atoms with van der Waals surface area (Å²) in [5.74, 6) is 0.545. The number of halogens is 2. The largest absolute Gasteiger partial charge is 0.376 e. The van der Waals surface area contributed by atoms with Crippen molar-refractivity contribution in [2.75, 3.05) is 24.6 Å². The standard InChI is InChI=1S/C14H19BrClNO/c1-2-13-10-17(6-3-7-18-13)14-5-4-12(15)8-11(14)9-16/h4-5,8,13H,2-3,6-7,9-10H2,1H3. The normalized spacial score (nSPS) is 20.8. The van der Waals surface area contributed by atoms with E-state index in [1.165, 1.54) is 11.3 Å². The average Bonchev–Trinajstić information content (AvgIpc) is 2.63. The molecule has 0 saturated carbocycles. The van der Waals surface area contributed by atoms with Crippen molar-refractivity contribution in [2.45, 2.75) is 31.7 Å². The maximum Gasteiger partial charge on any atom is 0.0747 e. The van der Waals surface area contributed by atoms with Gasteiger partial charge in [-0.2, -0.15) is 0 Å². The molecule has 0 spiro atoms. The first-order valence-electron chi connectivity index (χ1n) is 6.45. The summed E-state index contributed by atoms with van der Waals surface area (Å²) < 4.78 is 6.90. The summed E-state index contributed by atoms with van der Waals surface area (Å²) in [5, 5.41) is 0. The molecule has 0 N–H and O–H groups in total. The molecule has 0 aliphatic carbocycles. The van der Waals surface area contributed by atoms with Crippen LogP contribution in [0.25, 0.3) is 0 Å². The van der Waals surface area contributed by atoms with E-state index < -0.39 is 0 Å². The molecule has 100 valence electrons. The van der Waals surface area contributed by atoms with E-state index in [-0.39, 0.29) is 0 Å². The first-order valence-corrected chi connectivity index (χ1v) is 7.78. The lowest BCUT2D eigenvalue weighted by atomic mass is 10.1. The van der Waals surface area contributed by atoms with Crippen molar-refractivity contribution in [3.8, 4) is 0 Å². The van der Waals surface area contributed by atoms with E-state index in [0.717, 1.165) is 37.0 Å². The van der Waals surface area contributed by atoms with E-state index in [0.29, 0.717) is 12.0 Å². The fourth-order valence-electron chi connectivity index (χ4n) is 2.33. The van der Waals surface area contributed by atoms with Gasteiger partial charge in [-0.1, -0.05) is 22.9 Å². The van der Waals surface area contributed by atoms with Crippen LogP contribution in [-0.2, 0) is 10.6 Å². The Morgan fingerprint density at radius 2 is 2.33 bits per heavy atom. The quantitative estimate of drug-likeness (QED) is 0.769. The zero-order valence-corrected chi connectivity index (χ0v) is 13.0. The van der Waals surface area contributed by atoms with E-state index in [4.69, 9.17) is 16.3 Å². The van der Waals surface area contributed by atoms with E-state index in [1.807, 2.05) is 0 Å². The molecule has 1 aliphatic rings. The van der Waals surface area contributed by atoms with Gasteiger partial charge in [0, 0.05) is 35.7 Å². The zero-order valence-electron chi connectivity index (χ0n) is 10.7. The number of ether oxygens (including phenoxy) is 1. The van der Waals surface area contributed by atoms with Gasteiger partial charge in [0.25, 0.3) is 0 Å². The van der Waals surface area contributed by atoms with Crippen molar-refractivity contribution < 1.29 is 4.74 Å². The first kappa shape index (κ1) is 14.2. The van der Waals surface area contributed by atoms with Gasteiger partial charge < -0.3 is 9.64 Å². The Hall–Kier alpha value is -0.250. The van der Waals surface area contributed by atoms with E-state index in [9.17, 15) is 0 Å². The predicted octanol–water partition coefficient (Wildman–Crippen LogP) is 4.19. The molecule has 2 rings (SSSR count). The molecular weight excluding hydrogens is 314 g/mol. The van der Waals surface area contributed by atoms with Crippen LogP contribution in [0.4, 0.5) is 5.69 Å². The average molecular weight is 333 g/mol. The maximum atomic E-state index is 6.06.